The van der Waals surface area contributed by atoms with Crippen molar-refractivity contribution in [3.05, 3.63) is 325 Å². The van der Waals surface area contributed by atoms with Gasteiger partial charge in [-0.1, -0.05) is 46.9 Å². The summed E-state index contributed by atoms with van der Waals surface area (Å²) in [5.41, 5.74) is -4.15. The number of pyridine rings is 4. The summed E-state index contributed by atoms with van der Waals surface area (Å²) < 4.78 is 188. The van der Waals surface area contributed by atoms with Gasteiger partial charge in [0.1, 0.15) is 86.3 Å². The van der Waals surface area contributed by atoms with Crippen molar-refractivity contribution >= 4 is 105 Å². The van der Waals surface area contributed by atoms with Crippen LogP contribution in [0.4, 0.5) is 75.4 Å². The number of hydrogen-bond donors (Lipinski definition) is 8. The Morgan fingerprint density at radius 2 is 0.762 bits per heavy atom. The molecule has 8 N–H and O–H groups in total. The van der Waals surface area contributed by atoms with Crippen LogP contribution in [0.25, 0.3) is 0 Å². The number of carboxylic acid groups (broad SMARTS) is 4. The summed E-state index contributed by atoms with van der Waals surface area (Å²) in [7, 11) is 1.35. The van der Waals surface area contributed by atoms with E-state index in [1.54, 1.807) is 0 Å². The zero-order valence-electron chi connectivity index (χ0n) is 61.8. The van der Waals surface area contributed by atoms with E-state index in [4.69, 9.17) is 78.9 Å². The molecule has 12 rings (SSSR count). The van der Waals surface area contributed by atoms with E-state index >= 15 is 0 Å². The summed E-state index contributed by atoms with van der Waals surface area (Å²) in [6, 6.07) is 36.0. The lowest BCUT2D eigenvalue weighted by Crippen LogP contribution is -2.20. The lowest BCUT2D eigenvalue weighted by Gasteiger charge is -2.17. The van der Waals surface area contributed by atoms with E-state index in [1.807, 2.05) is 0 Å². The topological polar surface area (TPSA) is 363 Å². The Labute approximate surface area is 693 Å². The fourth-order valence-electron chi connectivity index (χ4n) is 10.1. The first-order valence-corrected chi connectivity index (χ1v) is 35.1. The molecule has 0 radical (unpaired) electrons. The van der Waals surface area contributed by atoms with Gasteiger partial charge in [0.25, 0.3) is 29.6 Å². The fourth-order valence-corrected chi connectivity index (χ4v) is 10.6. The number of aromatic carboxylic acids is 4. The number of hydrogen-bond acceptors (Lipinski definition) is 17. The van der Waals surface area contributed by atoms with E-state index in [-0.39, 0.29) is 123 Å². The van der Waals surface area contributed by atoms with Gasteiger partial charge in [-0.05, 0) is 182 Å². The van der Waals surface area contributed by atoms with Gasteiger partial charge in [-0.2, -0.15) is 26.3 Å². The van der Waals surface area contributed by atoms with Gasteiger partial charge in [0.05, 0.1) is 103 Å². The molecule has 0 aliphatic rings. The van der Waals surface area contributed by atoms with E-state index in [0.29, 0.717) is 24.6 Å². The molecule has 25 nitrogen and oxygen atoms in total. The number of carboxylic acids is 4. The summed E-state index contributed by atoms with van der Waals surface area (Å²) in [5.74, 6) is -14.2. The molecule has 122 heavy (non-hydrogen) atoms. The molecule has 4 heterocycles. The average Bonchev–Trinajstić information content (AvgIpc) is 0.790. The van der Waals surface area contributed by atoms with Crippen LogP contribution in [0.2, 0.25) is 15.1 Å². The molecule has 628 valence electrons. The quantitative estimate of drug-likeness (QED) is 0.0292. The minimum absolute atomic E-state index is 0.0260. The van der Waals surface area contributed by atoms with Crippen molar-refractivity contribution in [1.82, 2.24) is 19.9 Å². The predicted octanol–water partition coefficient (Wildman–Crippen LogP) is 21.3. The summed E-state index contributed by atoms with van der Waals surface area (Å²) in [6.07, 6.45) is -5.22. The third kappa shape index (κ3) is 24.9. The molecule has 40 heteroatoms. The number of alkyl halides is 8. The first-order valence-electron chi connectivity index (χ1n) is 34.0. The molecule has 0 spiro atoms. The molecule has 0 atom stereocenters. The average molecular weight is 1760 g/mol. The number of nitrogens with zero attached hydrogens (tertiary/aromatic N) is 4. The molecule has 0 unspecified atom stereocenters. The number of amides is 4. The third-order valence-electron chi connectivity index (χ3n) is 15.9. The largest absolute Gasteiger partial charge is 0.493 e. The number of anilines is 4. The van der Waals surface area contributed by atoms with Gasteiger partial charge < -0.3 is 65.4 Å². The highest BCUT2D eigenvalue weighted by Crippen LogP contribution is 2.43. The highest BCUT2D eigenvalue weighted by atomic mass is 35.5. The van der Waals surface area contributed by atoms with Gasteiger partial charge in [-0.15, -0.1) is 0 Å². The number of aryl methyl sites for hydroxylation is 1. The van der Waals surface area contributed by atoms with Crippen LogP contribution < -0.4 is 45.0 Å². The molecule has 4 aromatic heterocycles. The van der Waals surface area contributed by atoms with Crippen LogP contribution >= 0.6 is 34.8 Å². The molecule has 0 saturated heterocycles. The van der Waals surface area contributed by atoms with Crippen LogP contribution in [-0.2, 0) is 18.3 Å². The summed E-state index contributed by atoms with van der Waals surface area (Å²) in [5, 5.41) is 45.2. The van der Waals surface area contributed by atoms with Crippen molar-refractivity contribution in [3.63, 3.8) is 0 Å². The first-order chi connectivity index (χ1) is 57.5. The van der Waals surface area contributed by atoms with Crippen molar-refractivity contribution in [2.75, 3.05) is 28.4 Å². The second-order valence-electron chi connectivity index (χ2n) is 24.7. The van der Waals surface area contributed by atoms with Gasteiger partial charge in [0, 0.05) is 24.6 Å². The Morgan fingerprint density at radius 3 is 1.21 bits per heavy atom. The van der Waals surface area contributed by atoms with Gasteiger partial charge in [0.2, 0.25) is 0 Å². The Hall–Kier alpha value is -14.9. The number of ether oxygens (including phenoxy) is 5. The Morgan fingerprint density at radius 1 is 0.352 bits per heavy atom. The molecular weight excluding hydrogens is 1700 g/mol. The van der Waals surface area contributed by atoms with Crippen LogP contribution in [0, 0.1) is 30.2 Å². The second kappa shape index (κ2) is 39.6. The monoisotopic (exact) mass is 1750 g/mol. The Balaban J connectivity index is 0.000000185. The van der Waals surface area contributed by atoms with Gasteiger partial charge in [-0.25, -0.2) is 65.5 Å². The normalized spacial score (nSPS) is 10.9. The highest BCUT2D eigenvalue weighted by molar-refractivity contribution is 6.42. The third-order valence-corrected chi connectivity index (χ3v) is 16.9. The molecule has 12 aromatic rings. The van der Waals surface area contributed by atoms with Crippen LogP contribution in [-0.4, -0.2) is 95.0 Å². The molecule has 4 amide bonds. The molecule has 0 bridgehead atoms. The van der Waals surface area contributed by atoms with Crippen molar-refractivity contribution in [2.24, 2.45) is 0 Å². The zero-order chi connectivity index (χ0) is 89.2. The first kappa shape index (κ1) is 91.1. The maximum atomic E-state index is 13.7. The predicted molar refractivity (Wildman–Crippen MR) is 414 cm³/mol. The lowest BCUT2D eigenvalue weighted by molar-refractivity contribution is -0.138. The minimum atomic E-state index is -4.90. The van der Waals surface area contributed by atoms with Gasteiger partial charge >= 0.3 is 36.2 Å². The minimum Gasteiger partial charge on any atom is -0.493 e. The van der Waals surface area contributed by atoms with Crippen LogP contribution in [0.5, 0.6) is 51.7 Å². The van der Waals surface area contributed by atoms with E-state index in [2.05, 4.69) is 41.2 Å². The number of carbonyl (C=O) groups is 8. The van der Waals surface area contributed by atoms with Crippen molar-refractivity contribution in [3.8, 4) is 51.7 Å². The van der Waals surface area contributed by atoms with E-state index in [0.717, 1.165) is 110 Å². The van der Waals surface area contributed by atoms with Crippen molar-refractivity contribution in [2.45, 2.75) is 32.1 Å². The molecule has 0 aliphatic carbocycles. The van der Waals surface area contributed by atoms with E-state index < -0.39 is 117 Å². The number of rotatable bonds is 22. The summed E-state index contributed by atoms with van der Waals surface area (Å²) in [6.45, 7) is 2.25. The standard InChI is InChI=1S/C21H14F4N2O4.C21H15F3N2O4.C20H13Cl2FN2O5.C20H11ClF4N2O4/c1-11-8-13(22)3-7-17(11)31-18-6-2-12(21(23,24)25)9-15(18)19(28)27-14-4-5-16(20(29)30)26-10-14;1-21(23,24)12-2-8-16(18(10-12)30-15-6-3-13(22)4-7-15)19(27)26-14-5-9-17(20(28)29)25-11-14;1-29-18-6-10(23)2-5-16(18)30-17-8-14(22)13(21)7-12(17)19(26)25-11-3-4-15(20(27)28)24-9-11;21-13-8-10(22)4-7-15(13)31-16-3-1-2-12(20(23,24)25)17(16)18(28)27-11-5-6-14(19(29)30)26-9-11/h2-10H,1H3,(H,27,28)(H,29,30);2-11H,1H3,(H,26,27)(H,28,29);2-9H,1H3,(H,25,26)(H,27,28);1-9H,(H,27,28)(H,29,30). The Bertz CT molecular complexity index is 5940. The molecule has 0 saturated carbocycles. The molecular formula is C82H53Cl3F12N8O17. The van der Waals surface area contributed by atoms with Crippen LogP contribution in [0.15, 0.2) is 219 Å². The zero-order valence-corrected chi connectivity index (χ0v) is 64.1. The van der Waals surface area contributed by atoms with Crippen LogP contribution in [0.3, 0.4) is 0 Å². The maximum Gasteiger partial charge on any atom is 0.417 e. The molecule has 8 aromatic carbocycles. The number of carbonyl (C=O) groups excluding carboxylic acids is 4. The molecule has 0 fully saturated rings. The number of halogens is 15. The maximum absolute atomic E-state index is 13.7. The van der Waals surface area contributed by atoms with E-state index in [1.165, 1.54) is 111 Å². The number of nitrogens with one attached hydrogen (secondary N) is 4. The number of aromatic nitrogens is 4. The smallest absolute Gasteiger partial charge is 0.417 e. The molecule has 0 aliphatic heterocycles. The van der Waals surface area contributed by atoms with Crippen molar-refractivity contribution in [1.29, 1.82) is 0 Å². The SMILES string of the molecule is CC(F)(F)c1ccc(C(=O)Nc2ccc(C(=O)O)nc2)c(Oc2ccc(F)cc2)c1.COc1cc(F)ccc1Oc1cc(Cl)c(Cl)cc1C(=O)Nc1ccc(C(=O)O)nc1.Cc1cc(F)ccc1Oc1ccc(C(F)(F)F)cc1C(=O)Nc1ccc(C(=O)O)nc1.O=C(O)c1ccc(NC(=O)c2c(Oc3ccc(F)cc3Cl)cccc2C(F)(F)F)cn1. The summed E-state index contributed by atoms with van der Waals surface area (Å²) in [4.78, 5) is 109. The van der Waals surface area contributed by atoms with E-state index in [9.17, 15) is 91.0 Å². The summed E-state index contributed by atoms with van der Waals surface area (Å²) >= 11 is 18.0. The van der Waals surface area contributed by atoms with Gasteiger partial charge in [-0.3, -0.25) is 19.2 Å². The Kier molecular flexibility index (Phi) is 29.6. The van der Waals surface area contributed by atoms with Gasteiger partial charge in [0.15, 0.2) is 11.5 Å². The fraction of sp³-hybridized carbons (Fsp3) is 0.0732. The lowest BCUT2D eigenvalue weighted by atomic mass is 10.0. The highest BCUT2D eigenvalue weighted by Gasteiger charge is 2.38. The second-order valence-corrected chi connectivity index (χ2v) is 25.9. The number of benzene rings is 8. The number of methoxy groups -OCH3 is 1. The van der Waals surface area contributed by atoms with Crippen LogP contribution in [0.1, 0.15) is 113 Å². The van der Waals surface area contributed by atoms with Crippen molar-refractivity contribution < 1.29 is 135 Å².